The minimum atomic E-state index is -0.293. The lowest BCUT2D eigenvalue weighted by Crippen LogP contribution is -2.40. The van der Waals surface area contributed by atoms with E-state index in [0.29, 0.717) is 12.0 Å². The second-order valence-corrected chi connectivity index (χ2v) is 7.69. The maximum absolute atomic E-state index is 13.4. The molecule has 3 rings (SSSR count). The maximum Gasteiger partial charge on any atom is 0.251 e. The fourth-order valence-electron chi connectivity index (χ4n) is 2.85. The highest BCUT2D eigenvalue weighted by Crippen LogP contribution is 2.25. The summed E-state index contributed by atoms with van der Waals surface area (Å²) in [6, 6.07) is 13.9. The average molecular weight is 377 g/mol. The van der Waals surface area contributed by atoms with E-state index in [1.807, 2.05) is 45.0 Å². The van der Waals surface area contributed by atoms with Crippen LogP contribution in [0.15, 0.2) is 67.1 Å². The number of carbonyl (C=O) groups excluding carboxylic acids is 1. The first-order valence-electron chi connectivity index (χ1n) is 9.18. The number of amides is 1. The van der Waals surface area contributed by atoms with Crippen molar-refractivity contribution in [1.29, 1.82) is 0 Å². The zero-order chi connectivity index (χ0) is 20.1. The molecular formula is C23H24FN3O. The molecule has 0 aliphatic heterocycles. The van der Waals surface area contributed by atoms with E-state index in [-0.39, 0.29) is 17.3 Å². The number of hydrogen-bond donors (Lipinski definition) is 2. The number of aromatic nitrogens is 2. The molecule has 3 aromatic rings. The first-order valence-corrected chi connectivity index (χ1v) is 9.18. The number of benzene rings is 2. The van der Waals surface area contributed by atoms with Gasteiger partial charge in [0.2, 0.25) is 0 Å². The SMILES string of the molecule is CC(C)(C)NC(=O)c1ccc(C(=CCc2cnc[nH]2)c2ccc(F)cc2)cc1. The van der Waals surface area contributed by atoms with E-state index >= 15 is 0 Å². The number of aromatic amines is 1. The normalized spacial score (nSPS) is 12.1. The van der Waals surface area contributed by atoms with E-state index in [9.17, 15) is 9.18 Å². The molecular weight excluding hydrogens is 353 g/mol. The Labute approximate surface area is 164 Å². The van der Waals surface area contributed by atoms with Crippen molar-refractivity contribution in [2.24, 2.45) is 0 Å². The Kier molecular flexibility index (Phi) is 5.73. The van der Waals surface area contributed by atoms with Crippen LogP contribution in [0.4, 0.5) is 4.39 Å². The zero-order valence-corrected chi connectivity index (χ0v) is 16.3. The Morgan fingerprint density at radius 2 is 1.61 bits per heavy atom. The number of nitrogens with zero attached hydrogens (tertiary/aromatic N) is 1. The molecule has 28 heavy (non-hydrogen) atoms. The third kappa shape index (κ3) is 5.16. The minimum absolute atomic E-state index is 0.108. The van der Waals surface area contributed by atoms with Crippen molar-refractivity contribution in [3.8, 4) is 0 Å². The maximum atomic E-state index is 13.4. The summed E-state index contributed by atoms with van der Waals surface area (Å²) in [5, 5.41) is 2.96. The van der Waals surface area contributed by atoms with Gasteiger partial charge in [0, 0.05) is 29.4 Å². The van der Waals surface area contributed by atoms with Crippen LogP contribution < -0.4 is 5.32 Å². The van der Waals surface area contributed by atoms with Crippen LogP contribution in [0.25, 0.3) is 5.57 Å². The lowest BCUT2D eigenvalue weighted by atomic mass is 9.95. The monoisotopic (exact) mass is 377 g/mol. The van der Waals surface area contributed by atoms with Crippen molar-refractivity contribution in [2.75, 3.05) is 0 Å². The number of H-pyrrole nitrogens is 1. The van der Waals surface area contributed by atoms with Crippen molar-refractivity contribution in [1.82, 2.24) is 15.3 Å². The van der Waals surface area contributed by atoms with Crippen LogP contribution in [0, 0.1) is 5.82 Å². The van der Waals surface area contributed by atoms with Crippen LogP contribution in [-0.4, -0.2) is 21.4 Å². The van der Waals surface area contributed by atoms with Gasteiger partial charge < -0.3 is 10.3 Å². The minimum Gasteiger partial charge on any atom is -0.348 e. The molecule has 0 aliphatic rings. The summed E-state index contributed by atoms with van der Waals surface area (Å²) >= 11 is 0. The summed E-state index contributed by atoms with van der Waals surface area (Å²) in [7, 11) is 0. The standard InChI is InChI=1S/C23H24FN3O/c1-23(2,3)27-22(28)18-6-4-16(5-7-18)21(13-12-20-14-25-15-26-20)17-8-10-19(24)11-9-17/h4-11,13-15H,12H2,1-3H3,(H,25,26)(H,27,28). The lowest BCUT2D eigenvalue weighted by Gasteiger charge is -2.20. The van der Waals surface area contributed by atoms with Crippen LogP contribution in [0.3, 0.4) is 0 Å². The van der Waals surface area contributed by atoms with Crippen LogP contribution in [0.2, 0.25) is 0 Å². The van der Waals surface area contributed by atoms with Crippen molar-refractivity contribution >= 4 is 11.5 Å². The molecule has 4 nitrogen and oxygen atoms in total. The summed E-state index contributed by atoms with van der Waals surface area (Å²) in [5.74, 6) is -0.380. The van der Waals surface area contributed by atoms with Crippen LogP contribution in [0.1, 0.15) is 48.0 Å². The molecule has 0 spiro atoms. The molecule has 1 aromatic heterocycles. The van der Waals surface area contributed by atoms with Crippen molar-refractivity contribution in [2.45, 2.75) is 32.7 Å². The fourth-order valence-corrected chi connectivity index (χ4v) is 2.85. The van der Waals surface area contributed by atoms with Crippen LogP contribution in [-0.2, 0) is 6.42 Å². The fraction of sp³-hybridized carbons (Fsp3) is 0.217. The van der Waals surface area contributed by atoms with Crippen LogP contribution in [0.5, 0.6) is 0 Å². The van der Waals surface area contributed by atoms with E-state index in [2.05, 4.69) is 21.4 Å². The Balaban J connectivity index is 1.90. The van der Waals surface area contributed by atoms with Gasteiger partial charge in [-0.2, -0.15) is 0 Å². The molecule has 2 N–H and O–H groups in total. The lowest BCUT2D eigenvalue weighted by molar-refractivity contribution is 0.0919. The largest absolute Gasteiger partial charge is 0.348 e. The second-order valence-electron chi connectivity index (χ2n) is 7.69. The van der Waals surface area contributed by atoms with Gasteiger partial charge >= 0.3 is 0 Å². The summed E-state index contributed by atoms with van der Waals surface area (Å²) < 4.78 is 13.4. The Hall–Kier alpha value is -3.21. The number of rotatable bonds is 5. The number of hydrogen-bond acceptors (Lipinski definition) is 2. The van der Waals surface area contributed by atoms with Crippen molar-refractivity contribution < 1.29 is 9.18 Å². The summed E-state index contributed by atoms with van der Waals surface area (Å²) in [6.45, 7) is 5.85. The Morgan fingerprint density at radius 1 is 1.04 bits per heavy atom. The molecule has 2 aromatic carbocycles. The number of imidazole rings is 1. The number of carbonyl (C=O) groups is 1. The summed E-state index contributed by atoms with van der Waals surface area (Å²) in [5.41, 5.74) is 4.13. The average Bonchev–Trinajstić information content (AvgIpc) is 3.16. The number of halogens is 1. The van der Waals surface area contributed by atoms with Gasteiger partial charge in [0.25, 0.3) is 5.91 Å². The van der Waals surface area contributed by atoms with Gasteiger partial charge in [-0.05, 0) is 61.7 Å². The first kappa shape index (κ1) is 19.5. The Morgan fingerprint density at radius 3 is 2.14 bits per heavy atom. The van der Waals surface area contributed by atoms with E-state index in [1.165, 1.54) is 12.1 Å². The van der Waals surface area contributed by atoms with Gasteiger partial charge in [0.15, 0.2) is 0 Å². The number of allylic oxidation sites excluding steroid dienone is 1. The molecule has 0 saturated carbocycles. The molecule has 1 amide bonds. The summed E-state index contributed by atoms with van der Waals surface area (Å²) in [4.78, 5) is 19.5. The summed E-state index contributed by atoms with van der Waals surface area (Å²) in [6.07, 6.45) is 6.16. The molecule has 144 valence electrons. The van der Waals surface area contributed by atoms with Crippen molar-refractivity contribution in [3.05, 3.63) is 95.3 Å². The third-order valence-electron chi connectivity index (χ3n) is 4.18. The quantitative estimate of drug-likeness (QED) is 0.674. The molecule has 5 heteroatoms. The molecule has 0 atom stereocenters. The van der Waals surface area contributed by atoms with E-state index in [4.69, 9.17) is 0 Å². The van der Waals surface area contributed by atoms with Gasteiger partial charge in [0.05, 0.1) is 6.33 Å². The first-order chi connectivity index (χ1) is 13.3. The van der Waals surface area contributed by atoms with Crippen molar-refractivity contribution in [3.63, 3.8) is 0 Å². The molecule has 0 fully saturated rings. The highest BCUT2D eigenvalue weighted by atomic mass is 19.1. The van der Waals surface area contributed by atoms with E-state index in [1.54, 1.807) is 24.7 Å². The van der Waals surface area contributed by atoms with E-state index in [0.717, 1.165) is 22.4 Å². The molecule has 1 heterocycles. The smallest absolute Gasteiger partial charge is 0.251 e. The highest BCUT2D eigenvalue weighted by molar-refractivity contribution is 5.95. The molecule has 0 radical (unpaired) electrons. The third-order valence-corrected chi connectivity index (χ3v) is 4.18. The van der Waals surface area contributed by atoms with Gasteiger partial charge in [-0.25, -0.2) is 9.37 Å². The van der Waals surface area contributed by atoms with Gasteiger partial charge in [-0.15, -0.1) is 0 Å². The van der Waals surface area contributed by atoms with Gasteiger partial charge in [-0.3, -0.25) is 4.79 Å². The predicted molar refractivity (Wildman–Crippen MR) is 109 cm³/mol. The van der Waals surface area contributed by atoms with Crippen LogP contribution >= 0.6 is 0 Å². The molecule has 0 bridgehead atoms. The highest BCUT2D eigenvalue weighted by Gasteiger charge is 2.15. The second kappa shape index (κ2) is 8.21. The predicted octanol–water partition coefficient (Wildman–Crippen LogP) is 4.75. The molecule has 0 unspecified atom stereocenters. The molecule has 0 saturated heterocycles. The van der Waals surface area contributed by atoms with Gasteiger partial charge in [-0.1, -0.05) is 30.3 Å². The Bertz CT molecular complexity index is 951. The zero-order valence-electron chi connectivity index (χ0n) is 16.3. The van der Waals surface area contributed by atoms with Gasteiger partial charge in [0.1, 0.15) is 5.82 Å². The number of nitrogens with one attached hydrogen (secondary N) is 2. The molecule has 0 aliphatic carbocycles. The van der Waals surface area contributed by atoms with E-state index < -0.39 is 0 Å². The topological polar surface area (TPSA) is 57.8 Å².